The average molecular weight is 229 g/mol. The van der Waals surface area contributed by atoms with Crippen LogP contribution in [0.4, 0.5) is 4.79 Å². The van der Waals surface area contributed by atoms with Gasteiger partial charge in [-0.05, 0) is 20.8 Å². The summed E-state index contributed by atoms with van der Waals surface area (Å²) in [4.78, 5) is 34.8. The third-order valence-electron chi connectivity index (χ3n) is 2.03. The highest BCUT2D eigenvalue weighted by Gasteiger charge is 2.47. The molecule has 1 heterocycles. The number of rotatable bonds is 1. The van der Waals surface area contributed by atoms with Gasteiger partial charge in [-0.25, -0.2) is 9.69 Å². The third-order valence-corrected chi connectivity index (χ3v) is 2.03. The van der Waals surface area contributed by atoms with Gasteiger partial charge in [-0.15, -0.1) is 0 Å². The number of carbonyl (C=O) groups is 3. The Morgan fingerprint density at radius 2 is 1.94 bits per heavy atom. The van der Waals surface area contributed by atoms with Crippen molar-refractivity contribution in [1.82, 2.24) is 4.90 Å². The third kappa shape index (κ3) is 2.50. The van der Waals surface area contributed by atoms with E-state index >= 15 is 0 Å². The van der Waals surface area contributed by atoms with Crippen LogP contribution in [0.2, 0.25) is 0 Å². The van der Waals surface area contributed by atoms with E-state index in [1.54, 1.807) is 20.8 Å². The van der Waals surface area contributed by atoms with Crippen LogP contribution in [0, 0.1) is 5.92 Å². The number of hydrogen-bond donors (Lipinski definition) is 0. The number of carbonyl (C=O) groups excluding carboxylic acids is 3. The number of nitrogens with zero attached hydrogens (tertiary/aromatic N) is 1. The van der Waals surface area contributed by atoms with Gasteiger partial charge in [0, 0.05) is 0 Å². The number of imide groups is 1. The molecule has 90 valence electrons. The summed E-state index contributed by atoms with van der Waals surface area (Å²) in [6.07, 6.45) is -0.724. The predicted molar refractivity (Wildman–Crippen MR) is 53.5 cm³/mol. The first-order valence-corrected chi connectivity index (χ1v) is 4.88. The highest BCUT2D eigenvalue weighted by atomic mass is 16.6. The molecule has 0 spiro atoms. The quantitative estimate of drug-likeness (QED) is 0.373. The number of hydrogen-bond acceptors (Lipinski definition) is 5. The van der Waals surface area contributed by atoms with E-state index in [0.717, 1.165) is 4.90 Å². The van der Waals surface area contributed by atoms with Crippen molar-refractivity contribution in [2.24, 2.45) is 5.92 Å². The molecule has 6 heteroatoms. The summed E-state index contributed by atoms with van der Waals surface area (Å²) in [6, 6.07) is 0. The molecule has 16 heavy (non-hydrogen) atoms. The van der Waals surface area contributed by atoms with E-state index in [0.29, 0.717) is 0 Å². The minimum atomic E-state index is -0.863. The SMILES string of the molecule is COC(=O)C1CN(C(=O)OC(C)(C)C)C1=O. The zero-order chi connectivity index (χ0) is 12.5. The van der Waals surface area contributed by atoms with Crippen LogP contribution in [0.3, 0.4) is 0 Å². The molecule has 1 unspecified atom stereocenters. The first-order valence-electron chi connectivity index (χ1n) is 4.88. The summed E-state index contributed by atoms with van der Waals surface area (Å²) >= 11 is 0. The molecule has 1 saturated heterocycles. The fourth-order valence-corrected chi connectivity index (χ4v) is 1.23. The van der Waals surface area contributed by atoms with Crippen LogP contribution in [-0.4, -0.2) is 42.1 Å². The molecule has 0 aromatic heterocycles. The van der Waals surface area contributed by atoms with Crippen LogP contribution in [0.5, 0.6) is 0 Å². The van der Waals surface area contributed by atoms with Crippen molar-refractivity contribution in [1.29, 1.82) is 0 Å². The van der Waals surface area contributed by atoms with Crippen molar-refractivity contribution in [3.8, 4) is 0 Å². The number of ether oxygens (including phenoxy) is 2. The van der Waals surface area contributed by atoms with Gasteiger partial charge in [0.2, 0.25) is 5.91 Å². The van der Waals surface area contributed by atoms with Crippen molar-refractivity contribution in [3.63, 3.8) is 0 Å². The van der Waals surface area contributed by atoms with Gasteiger partial charge in [-0.3, -0.25) is 9.59 Å². The second kappa shape index (κ2) is 4.11. The highest BCUT2D eigenvalue weighted by Crippen LogP contribution is 2.21. The lowest BCUT2D eigenvalue weighted by atomic mass is 10.00. The molecule has 0 N–H and O–H groups in total. The van der Waals surface area contributed by atoms with Crippen LogP contribution in [0.25, 0.3) is 0 Å². The lowest BCUT2D eigenvalue weighted by molar-refractivity contribution is -0.162. The monoisotopic (exact) mass is 229 g/mol. The molecule has 0 aromatic rings. The molecule has 0 aromatic carbocycles. The molecule has 1 fully saturated rings. The maximum absolute atomic E-state index is 11.4. The van der Waals surface area contributed by atoms with Gasteiger partial charge >= 0.3 is 12.1 Å². The van der Waals surface area contributed by atoms with Crippen molar-refractivity contribution >= 4 is 18.0 Å². The Morgan fingerprint density at radius 3 is 2.31 bits per heavy atom. The summed E-state index contributed by atoms with van der Waals surface area (Å²) in [5.41, 5.74) is -0.659. The zero-order valence-electron chi connectivity index (χ0n) is 9.77. The summed E-state index contributed by atoms with van der Waals surface area (Å²) in [6.45, 7) is 5.13. The maximum Gasteiger partial charge on any atom is 0.417 e. The van der Waals surface area contributed by atoms with Crippen LogP contribution < -0.4 is 0 Å². The Kier molecular flexibility index (Phi) is 3.21. The number of methoxy groups -OCH3 is 1. The van der Waals surface area contributed by atoms with E-state index in [9.17, 15) is 14.4 Å². The Bertz CT molecular complexity index is 331. The molecule has 0 bridgehead atoms. The lowest BCUT2D eigenvalue weighted by Gasteiger charge is -2.35. The Balaban J connectivity index is 2.53. The molecule has 0 aliphatic carbocycles. The molecule has 1 aliphatic rings. The molecular formula is C10H15NO5. The van der Waals surface area contributed by atoms with Crippen LogP contribution in [0.15, 0.2) is 0 Å². The fourth-order valence-electron chi connectivity index (χ4n) is 1.23. The summed E-state index contributed by atoms with van der Waals surface area (Å²) in [5, 5.41) is 0. The van der Waals surface area contributed by atoms with E-state index in [1.165, 1.54) is 7.11 Å². The molecule has 0 saturated carbocycles. The largest absolute Gasteiger partial charge is 0.468 e. The van der Waals surface area contributed by atoms with Gasteiger partial charge in [0.05, 0.1) is 13.7 Å². The van der Waals surface area contributed by atoms with E-state index in [4.69, 9.17) is 4.74 Å². The minimum absolute atomic E-state index is 0.0282. The molecule has 1 atom stereocenters. The van der Waals surface area contributed by atoms with Crippen LogP contribution in [-0.2, 0) is 19.1 Å². The molecule has 1 aliphatic heterocycles. The number of amides is 2. The number of β-lactam (4-membered cyclic amide) rings is 1. The Labute approximate surface area is 93.5 Å². The van der Waals surface area contributed by atoms with Crippen LogP contribution >= 0.6 is 0 Å². The smallest absolute Gasteiger partial charge is 0.417 e. The van der Waals surface area contributed by atoms with Gasteiger partial charge in [0.1, 0.15) is 5.60 Å². The van der Waals surface area contributed by atoms with Gasteiger partial charge in [0.25, 0.3) is 0 Å². The number of likely N-dealkylation sites (tertiary alicyclic amines) is 1. The zero-order valence-corrected chi connectivity index (χ0v) is 9.77. The van der Waals surface area contributed by atoms with Gasteiger partial charge in [-0.1, -0.05) is 0 Å². The molecule has 0 radical (unpaired) electrons. The summed E-state index contributed by atoms with van der Waals surface area (Å²) in [5.74, 6) is -2.05. The van der Waals surface area contributed by atoms with Crippen molar-refractivity contribution < 1.29 is 23.9 Å². The van der Waals surface area contributed by atoms with Gasteiger partial charge in [0.15, 0.2) is 5.92 Å². The normalized spacial score (nSPS) is 20.1. The first kappa shape index (κ1) is 12.5. The Morgan fingerprint density at radius 1 is 1.38 bits per heavy atom. The standard InChI is InChI=1S/C10H15NO5/c1-10(2,3)16-9(14)11-5-6(7(11)12)8(13)15-4/h6H,5H2,1-4H3. The first-order chi connectivity index (χ1) is 7.26. The van der Waals surface area contributed by atoms with E-state index in [1.807, 2.05) is 0 Å². The van der Waals surface area contributed by atoms with E-state index in [2.05, 4.69) is 4.74 Å². The van der Waals surface area contributed by atoms with Crippen molar-refractivity contribution in [2.45, 2.75) is 26.4 Å². The highest BCUT2D eigenvalue weighted by molar-refractivity contribution is 6.08. The second-order valence-corrected chi connectivity index (χ2v) is 4.50. The second-order valence-electron chi connectivity index (χ2n) is 4.50. The topological polar surface area (TPSA) is 72.9 Å². The lowest BCUT2D eigenvalue weighted by Crippen LogP contribution is -2.59. The van der Waals surface area contributed by atoms with Gasteiger partial charge in [-0.2, -0.15) is 0 Å². The molecule has 6 nitrogen and oxygen atoms in total. The fraction of sp³-hybridized carbons (Fsp3) is 0.700. The molecular weight excluding hydrogens is 214 g/mol. The van der Waals surface area contributed by atoms with Crippen molar-refractivity contribution in [2.75, 3.05) is 13.7 Å². The van der Waals surface area contributed by atoms with Gasteiger partial charge < -0.3 is 9.47 Å². The Hall–Kier alpha value is -1.59. The van der Waals surface area contributed by atoms with Crippen LogP contribution in [0.1, 0.15) is 20.8 Å². The van der Waals surface area contributed by atoms with Crippen molar-refractivity contribution in [3.05, 3.63) is 0 Å². The summed E-state index contributed by atoms with van der Waals surface area (Å²) < 4.78 is 9.40. The minimum Gasteiger partial charge on any atom is -0.468 e. The van der Waals surface area contributed by atoms with E-state index in [-0.39, 0.29) is 6.54 Å². The maximum atomic E-state index is 11.4. The number of esters is 1. The van der Waals surface area contributed by atoms with E-state index < -0.39 is 29.5 Å². The molecule has 1 rings (SSSR count). The predicted octanol–water partition coefficient (Wildman–Crippen LogP) is 0.553. The summed E-state index contributed by atoms with van der Waals surface area (Å²) in [7, 11) is 1.20. The molecule has 2 amide bonds. The average Bonchev–Trinajstić information content (AvgIpc) is 2.12.